The largest absolute Gasteiger partial charge is 0.296 e. The van der Waals surface area contributed by atoms with Crippen LogP contribution in [0.4, 0.5) is 0 Å². The van der Waals surface area contributed by atoms with Crippen molar-refractivity contribution in [2.75, 3.05) is 5.75 Å². The van der Waals surface area contributed by atoms with Gasteiger partial charge < -0.3 is 0 Å². The van der Waals surface area contributed by atoms with Gasteiger partial charge in [0.25, 0.3) is 0 Å². The predicted molar refractivity (Wildman–Crippen MR) is 68.9 cm³/mol. The number of benzene rings is 1. The molecule has 0 radical (unpaired) electrons. The third-order valence-corrected chi connectivity index (χ3v) is 4.63. The summed E-state index contributed by atoms with van der Waals surface area (Å²) >= 11 is 14.2. The van der Waals surface area contributed by atoms with Gasteiger partial charge in [0.05, 0.1) is 5.37 Å². The molecule has 1 aromatic carbocycles. The molecule has 1 saturated heterocycles. The van der Waals surface area contributed by atoms with Gasteiger partial charge in [-0.15, -0.1) is 11.8 Å². The first-order valence-electron chi connectivity index (χ1n) is 4.83. The van der Waals surface area contributed by atoms with Crippen molar-refractivity contribution in [1.29, 1.82) is 0 Å². The number of rotatable bonds is 1. The monoisotopic (exact) mass is 261 g/mol. The Morgan fingerprint density at radius 2 is 1.93 bits per heavy atom. The lowest BCUT2D eigenvalue weighted by Gasteiger charge is -2.20. The van der Waals surface area contributed by atoms with E-state index in [1.54, 1.807) is 0 Å². The minimum Gasteiger partial charge on any atom is -0.296 e. The Kier molecular flexibility index (Phi) is 3.22. The van der Waals surface area contributed by atoms with E-state index in [4.69, 9.17) is 23.2 Å². The molecule has 2 rings (SSSR count). The molecule has 1 unspecified atom stereocenters. The van der Waals surface area contributed by atoms with Crippen molar-refractivity contribution in [1.82, 2.24) is 5.32 Å². The second-order valence-corrected chi connectivity index (χ2v) is 6.26. The Bertz CT molecular complexity index is 359. The van der Waals surface area contributed by atoms with Crippen molar-refractivity contribution in [3.05, 3.63) is 33.8 Å². The van der Waals surface area contributed by atoms with Crippen LogP contribution in [0.2, 0.25) is 10.0 Å². The van der Waals surface area contributed by atoms with Crippen LogP contribution < -0.4 is 5.32 Å². The molecular weight excluding hydrogens is 249 g/mol. The molecule has 0 aromatic heterocycles. The lowest BCUT2D eigenvalue weighted by Crippen LogP contribution is -2.36. The van der Waals surface area contributed by atoms with Crippen LogP contribution >= 0.6 is 35.0 Å². The highest BCUT2D eigenvalue weighted by atomic mass is 35.5. The zero-order valence-corrected chi connectivity index (χ0v) is 11.0. The molecule has 0 amide bonds. The summed E-state index contributed by atoms with van der Waals surface area (Å²) in [5, 5.41) is 5.21. The van der Waals surface area contributed by atoms with Crippen molar-refractivity contribution in [3.63, 3.8) is 0 Å². The van der Waals surface area contributed by atoms with Crippen LogP contribution in [-0.2, 0) is 0 Å². The Morgan fingerprint density at radius 1 is 1.33 bits per heavy atom. The van der Waals surface area contributed by atoms with Gasteiger partial charge in [0.15, 0.2) is 0 Å². The van der Waals surface area contributed by atoms with E-state index in [1.165, 1.54) is 0 Å². The van der Waals surface area contributed by atoms with E-state index in [0.717, 1.165) is 21.4 Å². The summed E-state index contributed by atoms with van der Waals surface area (Å²) in [5.74, 6) is 1.07. The zero-order chi connectivity index (χ0) is 11.1. The summed E-state index contributed by atoms with van der Waals surface area (Å²) in [4.78, 5) is 0. The van der Waals surface area contributed by atoms with Gasteiger partial charge in [-0.3, -0.25) is 5.32 Å². The normalized spacial score (nSPS) is 24.4. The molecule has 1 aromatic rings. The SMILES string of the molecule is CC1(C)CSC(c2c(Cl)cccc2Cl)N1. The molecule has 1 nitrogen and oxygen atoms in total. The van der Waals surface area contributed by atoms with Gasteiger partial charge in [-0.25, -0.2) is 0 Å². The number of hydrogen-bond acceptors (Lipinski definition) is 2. The fourth-order valence-electron chi connectivity index (χ4n) is 1.65. The molecule has 1 atom stereocenters. The van der Waals surface area contributed by atoms with Gasteiger partial charge in [0, 0.05) is 26.9 Å². The molecule has 0 bridgehead atoms. The Morgan fingerprint density at radius 3 is 2.40 bits per heavy atom. The van der Waals surface area contributed by atoms with Crippen molar-refractivity contribution >= 4 is 35.0 Å². The van der Waals surface area contributed by atoms with Crippen molar-refractivity contribution < 1.29 is 0 Å². The highest BCUT2D eigenvalue weighted by Gasteiger charge is 2.33. The first-order valence-corrected chi connectivity index (χ1v) is 6.63. The molecule has 15 heavy (non-hydrogen) atoms. The average molecular weight is 262 g/mol. The van der Waals surface area contributed by atoms with E-state index in [1.807, 2.05) is 30.0 Å². The molecule has 4 heteroatoms. The predicted octanol–water partition coefficient (Wildman–Crippen LogP) is 4.11. The smallest absolute Gasteiger partial charge is 0.0823 e. The van der Waals surface area contributed by atoms with E-state index >= 15 is 0 Å². The summed E-state index contributed by atoms with van der Waals surface area (Å²) in [6.07, 6.45) is 0. The molecule has 1 aliphatic rings. The molecule has 0 saturated carbocycles. The molecule has 0 aliphatic carbocycles. The van der Waals surface area contributed by atoms with E-state index in [-0.39, 0.29) is 10.9 Å². The fourth-order valence-corrected chi connectivity index (χ4v) is 3.88. The van der Waals surface area contributed by atoms with Gasteiger partial charge in [-0.1, -0.05) is 29.3 Å². The fraction of sp³-hybridized carbons (Fsp3) is 0.455. The maximum atomic E-state index is 6.16. The number of halogens is 2. The van der Waals surface area contributed by atoms with Crippen LogP contribution in [0.15, 0.2) is 18.2 Å². The standard InChI is InChI=1S/C11H13Cl2NS/c1-11(2)6-15-10(14-11)9-7(12)4-3-5-8(9)13/h3-5,10,14H,6H2,1-2H3. The average Bonchev–Trinajstić information content (AvgIpc) is 2.46. The van der Waals surface area contributed by atoms with Gasteiger partial charge in [-0.2, -0.15) is 0 Å². The number of hydrogen-bond donors (Lipinski definition) is 1. The summed E-state index contributed by atoms with van der Waals surface area (Å²) in [5.41, 5.74) is 1.16. The first kappa shape index (κ1) is 11.6. The lowest BCUT2D eigenvalue weighted by molar-refractivity contribution is 0.452. The van der Waals surface area contributed by atoms with Crippen LogP contribution in [0.1, 0.15) is 24.8 Å². The third-order valence-electron chi connectivity index (χ3n) is 2.39. The zero-order valence-electron chi connectivity index (χ0n) is 8.68. The summed E-state index contributed by atoms with van der Waals surface area (Å²) in [6.45, 7) is 4.37. The Hall–Kier alpha value is 0.110. The maximum Gasteiger partial charge on any atom is 0.0823 e. The molecule has 1 N–H and O–H groups in total. The van der Waals surface area contributed by atoms with Crippen LogP contribution in [0.25, 0.3) is 0 Å². The van der Waals surface area contributed by atoms with E-state index < -0.39 is 0 Å². The summed E-state index contributed by atoms with van der Waals surface area (Å²) < 4.78 is 0. The van der Waals surface area contributed by atoms with Gasteiger partial charge in [-0.05, 0) is 26.0 Å². The summed E-state index contributed by atoms with van der Waals surface area (Å²) in [6, 6.07) is 5.64. The van der Waals surface area contributed by atoms with Crippen molar-refractivity contribution in [2.24, 2.45) is 0 Å². The van der Waals surface area contributed by atoms with E-state index in [9.17, 15) is 0 Å². The molecule has 1 fully saturated rings. The Labute approximate surface area is 105 Å². The van der Waals surface area contributed by atoms with Gasteiger partial charge >= 0.3 is 0 Å². The lowest BCUT2D eigenvalue weighted by atomic mass is 10.1. The molecule has 1 heterocycles. The second kappa shape index (κ2) is 4.17. The van der Waals surface area contributed by atoms with Gasteiger partial charge in [0.2, 0.25) is 0 Å². The third kappa shape index (κ3) is 2.44. The Balaban J connectivity index is 2.31. The molecule has 1 aliphatic heterocycles. The number of nitrogens with one attached hydrogen (secondary N) is 1. The molecule has 82 valence electrons. The van der Waals surface area contributed by atoms with Crippen molar-refractivity contribution in [2.45, 2.75) is 24.8 Å². The maximum absolute atomic E-state index is 6.16. The van der Waals surface area contributed by atoms with Crippen LogP contribution in [0.5, 0.6) is 0 Å². The quantitative estimate of drug-likeness (QED) is 0.817. The highest BCUT2D eigenvalue weighted by molar-refractivity contribution is 7.99. The van der Waals surface area contributed by atoms with E-state index in [2.05, 4.69) is 19.2 Å². The molecular formula is C11H13Cl2NS. The second-order valence-electron chi connectivity index (χ2n) is 4.35. The first-order chi connectivity index (χ1) is 6.99. The topological polar surface area (TPSA) is 12.0 Å². The summed E-state index contributed by atoms with van der Waals surface area (Å²) in [7, 11) is 0. The highest BCUT2D eigenvalue weighted by Crippen LogP contribution is 2.42. The van der Waals surface area contributed by atoms with Gasteiger partial charge in [0.1, 0.15) is 0 Å². The van der Waals surface area contributed by atoms with Crippen molar-refractivity contribution in [3.8, 4) is 0 Å². The van der Waals surface area contributed by atoms with Crippen LogP contribution in [0.3, 0.4) is 0 Å². The molecule has 0 spiro atoms. The van der Waals surface area contributed by atoms with Crippen LogP contribution in [0, 0.1) is 0 Å². The minimum absolute atomic E-state index is 0.151. The number of thioether (sulfide) groups is 1. The van der Waals surface area contributed by atoms with E-state index in [0.29, 0.717) is 0 Å². The van der Waals surface area contributed by atoms with Crippen LogP contribution in [-0.4, -0.2) is 11.3 Å². The minimum atomic E-state index is 0.151.